The topological polar surface area (TPSA) is 20.2 Å². The van der Waals surface area contributed by atoms with Crippen LogP contribution in [0.5, 0.6) is 0 Å². The summed E-state index contributed by atoms with van der Waals surface area (Å²) in [4.78, 5) is 1.16. The van der Waals surface area contributed by atoms with Gasteiger partial charge in [0.1, 0.15) is 0 Å². The van der Waals surface area contributed by atoms with Crippen molar-refractivity contribution in [3.63, 3.8) is 0 Å². The van der Waals surface area contributed by atoms with Gasteiger partial charge in [-0.2, -0.15) is 0 Å². The number of hydrogen-bond donors (Lipinski definition) is 1. The van der Waals surface area contributed by atoms with E-state index in [0.717, 1.165) is 4.88 Å². The third-order valence-corrected chi connectivity index (χ3v) is 3.94. The van der Waals surface area contributed by atoms with Crippen molar-refractivity contribution in [3.05, 3.63) is 21.9 Å². The first-order chi connectivity index (χ1) is 5.62. The molecule has 1 fully saturated rings. The van der Waals surface area contributed by atoms with E-state index >= 15 is 0 Å². The normalized spacial score (nSPS) is 22.2. The average molecular weight is 182 g/mol. The molecule has 1 aromatic heterocycles. The minimum atomic E-state index is -0.557. The van der Waals surface area contributed by atoms with Gasteiger partial charge in [-0.15, -0.1) is 11.3 Å². The second-order valence-electron chi connectivity index (χ2n) is 3.85. The van der Waals surface area contributed by atoms with E-state index in [9.17, 15) is 5.11 Å². The molecular weight excluding hydrogens is 168 g/mol. The highest BCUT2D eigenvalue weighted by molar-refractivity contribution is 7.10. The molecule has 2 heteroatoms. The summed E-state index contributed by atoms with van der Waals surface area (Å²) in [6, 6.07) is 2.08. The SMILES string of the molecule is Cc1ccsc1[C@@](C)(O)C1CC1. The molecule has 0 saturated heterocycles. The van der Waals surface area contributed by atoms with Crippen LogP contribution in [-0.2, 0) is 5.60 Å². The van der Waals surface area contributed by atoms with E-state index in [4.69, 9.17) is 0 Å². The van der Waals surface area contributed by atoms with E-state index < -0.39 is 5.60 Å². The van der Waals surface area contributed by atoms with Crippen LogP contribution in [0.3, 0.4) is 0 Å². The van der Waals surface area contributed by atoms with Crippen LogP contribution in [0.2, 0.25) is 0 Å². The Hall–Kier alpha value is -0.340. The summed E-state index contributed by atoms with van der Waals surface area (Å²) < 4.78 is 0. The van der Waals surface area contributed by atoms with Gasteiger partial charge in [0.25, 0.3) is 0 Å². The Balaban J connectivity index is 2.33. The molecule has 1 aliphatic carbocycles. The summed E-state index contributed by atoms with van der Waals surface area (Å²) in [6.07, 6.45) is 2.37. The van der Waals surface area contributed by atoms with E-state index in [-0.39, 0.29) is 0 Å². The monoisotopic (exact) mass is 182 g/mol. The molecule has 1 saturated carbocycles. The standard InChI is InChI=1S/C10H14OS/c1-7-5-6-12-9(7)10(2,11)8-3-4-8/h5-6,8,11H,3-4H2,1-2H3/t10-/m0/s1. The summed E-state index contributed by atoms with van der Waals surface area (Å²) in [5, 5.41) is 12.3. The second kappa shape index (κ2) is 2.57. The summed E-state index contributed by atoms with van der Waals surface area (Å²) in [5.41, 5.74) is 0.676. The van der Waals surface area contributed by atoms with Crippen LogP contribution in [0.1, 0.15) is 30.2 Å². The molecule has 0 aromatic carbocycles. The molecule has 1 nitrogen and oxygen atoms in total. The Kier molecular flexibility index (Phi) is 1.77. The smallest absolute Gasteiger partial charge is 0.0990 e. The first kappa shape index (κ1) is 8.27. The van der Waals surface area contributed by atoms with Crippen LogP contribution in [-0.4, -0.2) is 5.11 Å². The molecule has 66 valence electrons. The number of hydrogen-bond acceptors (Lipinski definition) is 2. The van der Waals surface area contributed by atoms with Crippen molar-refractivity contribution in [3.8, 4) is 0 Å². The Morgan fingerprint density at radius 1 is 1.58 bits per heavy atom. The zero-order chi connectivity index (χ0) is 8.77. The van der Waals surface area contributed by atoms with Crippen molar-refractivity contribution in [1.82, 2.24) is 0 Å². The average Bonchev–Trinajstić information content (AvgIpc) is 2.75. The van der Waals surface area contributed by atoms with Gasteiger partial charge in [-0.3, -0.25) is 0 Å². The lowest BCUT2D eigenvalue weighted by Crippen LogP contribution is -2.23. The van der Waals surface area contributed by atoms with E-state index in [0.29, 0.717) is 5.92 Å². The molecule has 0 spiro atoms. The van der Waals surface area contributed by atoms with E-state index in [1.807, 2.05) is 6.92 Å². The van der Waals surface area contributed by atoms with E-state index in [1.165, 1.54) is 18.4 Å². The minimum Gasteiger partial charge on any atom is -0.384 e. The van der Waals surface area contributed by atoms with Crippen LogP contribution >= 0.6 is 11.3 Å². The van der Waals surface area contributed by atoms with Crippen molar-refractivity contribution in [2.75, 3.05) is 0 Å². The highest BCUT2D eigenvalue weighted by Crippen LogP contribution is 2.47. The molecule has 0 unspecified atom stereocenters. The third-order valence-electron chi connectivity index (χ3n) is 2.69. The van der Waals surface area contributed by atoms with Gasteiger partial charge in [0.05, 0.1) is 5.60 Å². The van der Waals surface area contributed by atoms with Gasteiger partial charge in [-0.1, -0.05) is 0 Å². The van der Waals surface area contributed by atoms with Crippen molar-refractivity contribution < 1.29 is 5.11 Å². The minimum absolute atomic E-state index is 0.509. The molecule has 0 aliphatic heterocycles. The number of thiophene rings is 1. The molecule has 0 radical (unpaired) electrons. The van der Waals surface area contributed by atoms with Gasteiger partial charge in [-0.05, 0) is 49.6 Å². The lowest BCUT2D eigenvalue weighted by Gasteiger charge is -2.22. The lowest BCUT2D eigenvalue weighted by atomic mass is 9.96. The molecule has 2 rings (SSSR count). The fraction of sp³-hybridized carbons (Fsp3) is 0.600. The van der Waals surface area contributed by atoms with Gasteiger partial charge in [0, 0.05) is 4.88 Å². The molecule has 0 bridgehead atoms. The summed E-state index contributed by atoms with van der Waals surface area (Å²) in [5.74, 6) is 0.509. The van der Waals surface area contributed by atoms with Gasteiger partial charge in [-0.25, -0.2) is 0 Å². The highest BCUT2D eigenvalue weighted by atomic mass is 32.1. The quantitative estimate of drug-likeness (QED) is 0.745. The van der Waals surface area contributed by atoms with Crippen LogP contribution in [0, 0.1) is 12.8 Å². The maximum atomic E-state index is 10.2. The van der Waals surface area contributed by atoms with E-state index in [2.05, 4.69) is 18.4 Å². The Morgan fingerprint density at radius 2 is 2.25 bits per heavy atom. The van der Waals surface area contributed by atoms with Crippen LogP contribution in [0.15, 0.2) is 11.4 Å². The first-order valence-corrected chi connectivity index (χ1v) is 5.27. The Labute approximate surface area is 77.0 Å². The first-order valence-electron chi connectivity index (χ1n) is 4.39. The fourth-order valence-corrected chi connectivity index (χ4v) is 2.79. The van der Waals surface area contributed by atoms with Crippen molar-refractivity contribution >= 4 is 11.3 Å². The number of aliphatic hydroxyl groups is 1. The van der Waals surface area contributed by atoms with E-state index in [1.54, 1.807) is 11.3 Å². The Morgan fingerprint density at radius 3 is 2.67 bits per heavy atom. The van der Waals surface area contributed by atoms with Gasteiger partial charge >= 0.3 is 0 Å². The number of rotatable bonds is 2. The fourth-order valence-electron chi connectivity index (χ4n) is 1.72. The third kappa shape index (κ3) is 1.19. The molecule has 1 heterocycles. The summed E-state index contributed by atoms with van der Waals surface area (Å²) >= 11 is 1.67. The molecule has 12 heavy (non-hydrogen) atoms. The largest absolute Gasteiger partial charge is 0.384 e. The van der Waals surface area contributed by atoms with Crippen molar-refractivity contribution in [2.45, 2.75) is 32.3 Å². The molecule has 0 amide bonds. The van der Waals surface area contributed by atoms with Crippen molar-refractivity contribution in [1.29, 1.82) is 0 Å². The summed E-state index contributed by atoms with van der Waals surface area (Å²) in [7, 11) is 0. The van der Waals surface area contributed by atoms with Crippen LogP contribution < -0.4 is 0 Å². The molecule has 1 aromatic rings. The Bertz CT molecular complexity index is 284. The van der Waals surface area contributed by atoms with Gasteiger partial charge in [0.2, 0.25) is 0 Å². The predicted octanol–water partition coefficient (Wildman–Crippen LogP) is 2.67. The molecule has 1 aliphatic rings. The van der Waals surface area contributed by atoms with Crippen molar-refractivity contribution in [2.24, 2.45) is 5.92 Å². The maximum absolute atomic E-state index is 10.2. The van der Waals surface area contributed by atoms with Crippen LogP contribution in [0.25, 0.3) is 0 Å². The number of aryl methyl sites for hydroxylation is 1. The molecule has 1 N–H and O–H groups in total. The maximum Gasteiger partial charge on any atom is 0.0990 e. The van der Waals surface area contributed by atoms with Crippen LogP contribution in [0.4, 0.5) is 0 Å². The second-order valence-corrected chi connectivity index (χ2v) is 4.77. The predicted molar refractivity (Wildman–Crippen MR) is 51.4 cm³/mol. The molecule has 1 atom stereocenters. The highest BCUT2D eigenvalue weighted by Gasteiger charge is 2.42. The zero-order valence-electron chi connectivity index (χ0n) is 7.50. The zero-order valence-corrected chi connectivity index (χ0v) is 8.32. The lowest BCUT2D eigenvalue weighted by molar-refractivity contribution is 0.0363. The molecular formula is C10H14OS. The van der Waals surface area contributed by atoms with Gasteiger partial charge in [0.15, 0.2) is 0 Å². The van der Waals surface area contributed by atoms with Gasteiger partial charge < -0.3 is 5.11 Å². The summed E-state index contributed by atoms with van der Waals surface area (Å²) in [6.45, 7) is 4.02.